The number of hydrogen-bond donors (Lipinski definition) is 0. The molecule has 1 aliphatic rings. The fraction of sp³-hybridized carbons (Fsp3) is 0.562. The highest BCUT2D eigenvalue weighted by Gasteiger charge is 2.41. The molecular formula is C16H22N2. The standard InChI is InChI=1S/C16H22N2/c1-3-9-16(10-4-2)12-18(13-16)15-7-5-14(11-17)6-8-15/h5-8H,3-4,9-10,12-13H2,1-2H3. The predicted octanol–water partition coefficient (Wildman–Crippen LogP) is 3.96. The summed E-state index contributed by atoms with van der Waals surface area (Å²) in [5.74, 6) is 0. The summed E-state index contributed by atoms with van der Waals surface area (Å²) >= 11 is 0. The Kier molecular flexibility index (Phi) is 3.91. The van der Waals surface area contributed by atoms with Gasteiger partial charge < -0.3 is 4.90 Å². The van der Waals surface area contributed by atoms with Crippen molar-refractivity contribution in [3.63, 3.8) is 0 Å². The first-order valence-electron chi connectivity index (χ1n) is 6.98. The molecule has 0 amide bonds. The maximum atomic E-state index is 8.80. The van der Waals surface area contributed by atoms with Crippen molar-refractivity contribution in [3.05, 3.63) is 29.8 Å². The van der Waals surface area contributed by atoms with Gasteiger partial charge in [0.25, 0.3) is 0 Å². The Bertz CT molecular complexity index is 413. The highest BCUT2D eigenvalue weighted by Crippen LogP contribution is 2.41. The van der Waals surface area contributed by atoms with Gasteiger partial charge in [-0.15, -0.1) is 0 Å². The van der Waals surface area contributed by atoms with E-state index < -0.39 is 0 Å². The minimum Gasteiger partial charge on any atom is -0.370 e. The SMILES string of the molecule is CCCC1(CCC)CN(c2ccc(C#N)cc2)C1. The molecular weight excluding hydrogens is 220 g/mol. The topological polar surface area (TPSA) is 27.0 Å². The first-order chi connectivity index (χ1) is 8.73. The Hall–Kier alpha value is -1.49. The molecule has 0 saturated carbocycles. The Morgan fingerprint density at radius 2 is 1.67 bits per heavy atom. The van der Waals surface area contributed by atoms with Crippen LogP contribution in [0.5, 0.6) is 0 Å². The van der Waals surface area contributed by atoms with E-state index in [0.29, 0.717) is 5.41 Å². The highest BCUT2D eigenvalue weighted by molar-refractivity contribution is 5.52. The molecule has 0 radical (unpaired) electrons. The van der Waals surface area contributed by atoms with E-state index >= 15 is 0 Å². The summed E-state index contributed by atoms with van der Waals surface area (Å²) in [7, 11) is 0. The third-order valence-electron chi connectivity index (χ3n) is 3.97. The molecule has 1 fully saturated rings. The molecule has 0 spiro atoms. The van der Waals surface area contributed by atoms with E-state index in [4.69, 9.17) is 5.26 Å². The van der Waals surface area contributed by atoms with Gasteiger partial charge in [-0.2, -0.15) is 5.26 Å². The fourth-order valence-corrected chi connectivity index (χ4v) is 3.19. The lowest BCUT2D eigenvalue weighted by Crippen LogP contribution is -2.56. The molecule has 2 nitrogen and oxygen atoms in total. The lowest BCUT2D eigenvalue weighted by atomic mass is 9.72. The number of nitrogens with zero attached hydrogens (tertiary/aromatic N) is 2. The van der Waals surface area contributed by atoms with E-state index in [9.17, 15) is 0 Å². The zero-order chi connectivity index (χ0) is 13.0. The van der Waals surface area contributed by atoms with Gasteiger partial charge in [-0.25, -0.2) is 0 Å². The number of nitriles is 1. The first-order valence-corrected chi connectivity index (χ1v) is 6.98. The van der Waals surface area contributed by atoms with Gasteiger partial charge in [0, 0.05) is 24.2 Å². The van der Waals surface area contributed by atoms with E-state index in [-0.39, 0.29) is 0 Å². The van der Waals surface area contributed by atoms with Crippen LogP contribution in [0.25, 0.3) is 0 Å². The summed E-state index contributed by atoms with van der Waals surface area (Å²) in [5, 5.41) is 8.80. The molecule has 0 bridgehead atoms. The van der Waals surface area contributed by atoms with E-state index in [1.807, 2.05) is 12.1 Å². The molecule has 1 aliphatic heterocycles. The van der Waals surface area contributed by atoms with Gasteiger partial charge in [-0.05, 0) is 37.1 Å². The molecule has 1 heterocycles. The molecule has 18 heavy (non-hydrogen) atoms. The third-order valence-corrected chi connectivity index (χ3v) is 3.97. The minimum atomic E-state index is 0.553. The van der Waals surface area contributed by atoms with Gasteiger partial charge in [-0.1, -0.05) is 26.7 Å². The summed E-state index contributed by atoms with van der Waals surface area (Å²) < 4.78 is 0. The second-order valence-electron chi connectivity index (χ2n) is 5.51. The molecule has 96 valence electrons. The van der Waals surface area contributed by atoms with Gasteiger partial charge in [0.15, 0.2) is 0 Å². The van der Waals surface area contributed by atoms with Crippen molar-refractivity contribution in [1.82, 2.24) is 0 Å². The summed E-state index contributed by atoms with van der Waals surface area (Å²) in [6.07, 6.45) is 5.24. The van der Waals surface area contributed by atoms with Gasteiger partial charge in [0.2, 0.25) is 0 Å². The van der Waals surface area contributed by atoms with Crippen molar-refractivity contribution >= 4 is 5.69 Å². The highest BCUT2D eigenvalue weighted by atomic mass is 15.2. The molecule has 2 heteroatoms. The van der Waals surface area contributed by atoms with E-state index in [2.05, 4.69) is 36.9 Å². The molecule has 0 atom stereocenters. The van der Waals surface area contributed by atoms with Gasteiger partial charge in [-0.3, -0.25) is 0 Å². The summed E-state index contributed by atoms with van der Waals surface area (Å²) in [6.45, 7) is 6.92. The minimum absolute atomic E-state index is 0.553. The normalized spacial score (nSPS) is 17.1. The van der Waals surface area contributed by atoms with Crippen molar-refractivity contribution in [3.8, 4) is 6.07 Å². The lowest BCUT2D eigenvalue weighted by molar-refractivity contribution is 0.173. The summed E-state index contributed by atoms with van der Waals surface area (Å²) in [6, 6.07) is 10.1. The van der Waals surface area contributed by atoms with E-state index in [0.717, 1.165) is 5.56 Å². The van der Waals surface area contributed by atoms with Crippen molar-refractivity contribution in [1.29, 1.82) is 5.26 Å². The molecule has 0 unspecified atom stereocenters. The number of rotatable bonds is 5. The quantitative estimate of drug-likeness (QED) is 0.781. The molecule has 1 aromatic carbocycles. The van der Waals surface area contributed by atoms with Crippen LogP contribution in [0, 0.1) is 16.7 Å². The lowest BCUT2D eigenvalue weighted by Gasteiger charge is -2.52. The van der Waals surface area contributed by atoms with Crippen LogP contribution in [0.15, 0.2) is 24.3 Å². The van der Waals surface area contributed by atoms with E-state index in [1.54, 1.807) is 0 Å². The van der Waals surface area contributed by atoms with E-state index in [1.165, 1.54) is 44.5 Å². The van der Waals surface area contributed by atoms with Crippen LogP contribution >= 0.6 is 0 Å². The Morgan fingerprint density at radius 1 is 1.11 bits per heavy atom. The molecule has 2 rings (SSSR count). The van der Waals surface area contributed by atoms with Gasteiger partial charge in [0.05, 0.1) is 11.6 Å². The van der Waals surface area contributed by atoms with Crippen molar-refractivity contribution in [2.45, 2.75) is 39.5 Å². The average Bonchev–Trinajstić information content (AvgIpc) is 2.36. The molecule has 0 aliphatic carbocycles. The first kappa shape index (κ1) is 13.0. The van der Waals surface area contributed by atoms with Gasteiger partial charge >= 0.3 is 0 Å². The number of benzene rings is 1. The largest absolute Gasteiger partial charge is 0.370 e. The Balaban J connectivity index is 1.99. The zero-order valence-corrected chi connectivity index (χ0v) is 11.4. The molecule has 1 aromatic rings. The molecule has 0 N–H and O–H groups in total. The van der Waals surface area contributed by atoms with Crippen LogP contribution < -0.4 is 4.90 Å². The predicted molar refractivity (Wildman–Crippen MR) is 75.6 cm³/mol. The second kappa shape index (κ2) is 5.44. The van der Waals surface area contributed by atoms with Crippen LogP contribution in [0.4, 0.5) is 5.69 Å². The Morgan fingerprint density at radius 3 is 2.11 bits per heavy atom. The average molecular weight is 242 g/mol. The molecule has 1 saturated heterocycles. The van der Waals surface area contributed by atoms with Crippen LogP contribution in [0.2, 0.25) is 0 Å². The fourth-order valence-electron chi connectivity index (χ4n) is 3.19. The number of hydrogen-bond acceptors (Lipinski definition) is 2. The zero-order valence-electron chi connectivity index (χ0n) is 11.4. The monoisotopic (exact) mass is 242 g/mol. The maximum absolute atomic E-state index is 8.80. The van der Waals surface area contributed by atoms with Crippen molar-refractivity contribution < 1.29 is 0 Å². The number of anilines is 1. The van der Waals surface area contributed by atoms with Crippen LogP contribution in [0.1, 0.15) is 45.1 Å². The van der Waals surface area contributed by atoms with Crippen LogP contribution in [-0.4, -0.2) is 13.1 Å². The third kappa shape index (κ3) is 2.51. The summed E-state index contributed by atoms with van der Waals surface area (Å²) in [5.41, 5.74) is 2.56. The summed E-state index contributed by atoms with van der Waals surface area (Å²) in [4.78, 5) is 2.44. The van der Waals surface area contributed by atoms with Crippen LogP contribution in [-0.2, 0) is 0 Å². The maximum Gasteiger partial charge on any atom is 0.0991 e. The van der Waals surface area contributed by atoms with Crippen molar-refractivity contribution in [2.24, 2.45) is 5.41 Å². The van der Waals surface area contributed by atoms with Gasteiger partial charge in [0.1, 0.15) is 0 Å². The second-order valence-corrected chi connectivity index (χ2v) is 5.51. The smallest absolute Gasteiger partial charge is 0.0991 e. The Labute approximate surface area is 110 Å². The van der Waals surface area contributed by atoms with Crippen molar-refractivity contribution in [2.75, 3.05) is 18.0 Å². The van der Waals surface area contributed by atoms with Crippen LogP contribution in [0.3, 0.4) is 0 Å². The molecule has 0 aromatic heterocycles.